The van der Waals surface area contributed by atoms with Gasteiger partial charge in [0.05, 0.1) is 13.2 Å². The molecule has 1 aromatic heterocycles. The Morgan fingerprint density at radius 3 is 3.06 bits per heavy atom. The van der Waals surface area contributed by atoms with Gasteiger partial charge in [-0.05, 0) is 13.1 Å². The average molecular weight is 222 g/mol. The molecule has 2 rings (SSSR count). The highest BCUT2D eigenvalue weighted by Gasteiger charge is 2.17. The molecule has 0 atom stereocenters. The van der Waals surface area contributed by atoms with Crippen molar-refractivity contribution in [2.45, 2.75) is 25.5 Å². The molecule has 1 aliphatic rings. The first-order valence-corrected chi connectivity index (χ1v) is 5.73. The molecule has 1 saturated heterocycles. The molecule has 0 saturated carbocycles. The number of ether oxygens (including phenoxy) is 2. The fraction of sp³-hybridized carbons (Fsp3) is 0.583. The summed E-state index contributed by atoms with van der Waals surface area (Å²) in [5, 5.41) is 3.12. The normalized spacial score (nSPS) is 17.3. The molecule has 1 N–H and O–H groups in total. The summed E-state index contributed by atoms with van der Waals surface area (Å²) in [7, 11) is 1.92. The number of nitrogens with zero attached hydrogens (tertiary/aromatic N) is 1. The van der Waals surface area contributed by atoms with E-state index in [0.29, 0.717) is 0 Å². The van der Waals surface area contributed by atoms with E-state index in [4.69, 9.17) is 9.47 Å². The zero-order valence-corrected chi connectivity index (χ0v) is 9.61. The van der Waals surface area contributed by atoms with Crippen LogP contribution in [0.15, 0.2) is 18.3 Å². The molecular weight excluding hydrogens is 204 g/mol. The molecule has 0 aliphatic carbocycles. The summed E-state index contributed by atoms with van der Waals surface area (Å²) < 4.78 is 11.2. The average Bonchev–Trinajstić information content (AvgIpc) is 2.33. The van der Waals surface area contributed by atoms with Crippen molar-refractivity contribution >= 4 is 0 Å². The fourth-order valence-corrected chi connectivity index (χ4v) is 1.81. The lowest BCUT2D eigenvalue weighted by molar-refractivity contribution is 0.0233. The van der Waals surface area contributed by atoms with E-state index < -0.39 is 0 Å². The van der Waals surface area contributed by atoms with Crippen LogP contribution in [0.2, 0.25) is 0 Å². The van der Waals surface area contributed by atoms with Gasteiger partial charge in [0, 0.05) is 31.1 Å². The van der Waals surface area contributed by atoms with Crippen molar-refractivity contribution in [3.63, 3.8) is 0 Å². The first kappa shape index (κ1) is 11.4. The van der Waals surface area contributed by atoms with Gasteiger partial charge in [0.1, 0.15) is 6.10 Å². The Balaban J connectivity index is 2.01. The zero-order chi connectivity index (χ0) is 11.2. The second-order valence-corrected chi connectivity index (χ2v) is 3.93. The summed E-state index contributed by atoms with van der Waals surface area (Å²) in [6, 6.07) is 3.97. The zero-order valence-electron chi connectivity index (χ0n) is 9.61. The maximum atomic E-state index is 5.91. The van der Waals surface area contributed by atoms with E-state index in [1.807, 2.05) is 19.2 Å². The molecule has 0 bridgehead atoms. The molecule has 0 radical (unpaired) electrons. The van der Waals surface area contributed by atoms with Crippen molar-refractivity contribution in [2.75, 3.05) is 20.3 Å². The summed E-state index contributed by atoms with van der Waals surface area (Å²) in [4.78, 5) is 4.29. The quantitative estimate of drug-likeness (QED) is 0.835. The lowest BCUT2D eigenvalue weighted by atomic mass is 10.1. The largest absolute Gasteiger partial charge is 0.474 e. The van der Waals surface area contributed by atoms with Crippen LogP contribution in [0.3, 0.4) is 0 Å². The molecule has 2 heterocycles. The van der Waals surface area contributed by atoms with Gasteiger partial charge < -0.3 is 14.8 Å². The number of pyridine rings is 1. The minimum Gasteiger partial charge on any atom is -0.474 e. The van der Waals surface area contributed by atoms with Crippen LogP contribution in [0.1, 0.15) is 18.4 Å². The van der Waals surface area contributed by atoms with Crippen LogP contribution in [0.5, 0.6) is 5.88 Å². The smallest absolute Gasteiger partial charge is 0.218 e. The van der Waals surface area contributed by atoms with Crippen molar-refractivity contribution in [3.05, 3.63) is 23.9 Å². The number of rotatable bonds is 4. The molecular formula is C12H18N2O2. The highest BCUT2D eigenvalue weighted by atomic mass is 16.5. The van der Waals surface area contributed by atoms with Crippen molar-refractivity contribution in [3.8, 4) is 5.88 Å². The lowest BCUT2D eigenvalue weighted by Gasteiger charge is -2.23. The second-order valence-electron chi connectivity index (χ2n) is 3.93. The summed E-state index contributed by atoms with van der Waals surface area (Å²) in [5.41, 5.74) is 1.11. The van der Waals surface area contributed by atoms with Crippen LogP contribution < -0.4 is 10.1 Å². The predicted octanol–water partition coefficient (Wildman–Crippen LogP) is 1.36. The third-order valence-electron chi connectivity index (χ3n) is 2.66. The Morgan fingerprint density at radius 1 is 1.50 bits per heavy atom. The van der Waals surface area contributed by atoms with E-state index >= 15 is 0 Å². The van der Waals surface area contributed by atoms with Gasteiger partial charge in [-0.1, -0.05) is 6.07 Å². The molecule has 0 amide bonds. The van der Waals surface area contributed by atoms with Crippen LogP contribution >= 0.6 is 0 Å². The van der Waals surface area contributed by atoms with Gasteiger partial charge in [-0.25, -0.2) is 4.98 Å². The minimum atomic E-state index is 0.249. The van der Waals surface area contributed by atoms with Crippen LogP contribution in [0.4, 0.5) is 0 Å². The second kappa shape index (κ2) is 5.82. The van der Waals surface area contributed by atoms with Gasteiger partial charge in [0.15, 0.2) is 0 Å². The number of aromatic nitrogens is 1. The fourth-order valence-electron chi connectivity index (χ4n) is 1.81. The topological polar surface area (TPSA) is 43.4 Å². The number of hydrogen-bond acceptors (Lipinski definition) is 4. The Kier molecular flexibility index (Phi) is 4.13. The van der Waals surface area contributed by atoms with Crippen LogP contribution in [0.25, 0.3) is 0 Å². The maximum Gasteiger partial charge on any atom is 0.218 e. The molecule has 4 heteroatoms. The van der Waals surface area contributed by atoms with Crippen LogP contribution in [-0.4, -0.2) is 31.3 Å². The molecule has 16 heavy (non-hydrogen) atoms. The molecule has 88 valence electrons. The van der Waals surface area contributed by atoms with Gasteiger partial charge in [-0.2, -0.15) is 0 Å². The third kappa shape index (κ3) is 2.93. The Hall–Kier alpha value is -1.13. The van der Waals surface area contributed by atoms with E-state index in [0.717, 1.165) is 44.0 Å². The number of hydrogen-bond donors (Lipinski definition) is 1. The summed E-state index contributed by atoms with van der Waals surface area (Å²) in [5.74, 6) is 0.753. The Labute approximate surface area is 96.0 Å². The van der Waals surface area contributed by atoms with Gasteiger partial charge in [-0.3, -0.25) is 0 Å². The molecule has 1 fully saturated rings. The predicted molar refractivity (Wildman–Crippen MR) is 61.5 cm³/mol. The minimum absolute atomic E-state index is 0.249. The van der Waals surface area contributed by atoms with Crippen molar-refractivity contribution in [2.24, 2.45) is 0 Å². The molecule has 1 aliphatic heterocycles. The van der Waals surface area contributed by atoms with E-state index in [2.05, 4.69) is 10.3 Å². The van der Waals surface area contributed by atoms with Crippen molar-refractivity contribution < 1.29 is 9.47 Å². The molecule has 0 aromatic carbocycles. The van der Waals surface area contributed by atoms with Crippen LogP contribution in [0, 0.1) is 0 Å². The van der Waals surface area contributed by atoms with Gasteiger partial charge >= 0.3 is 0 Å². The molecule has 0 spiro atoms. The third-order valence-corrected chi connectivity index (χ3v) is 2.66. The first-order valence-electron chi connectivity index (χ1n) is 5.73. The Bertz CT molecular complexity index is 325. The monoisotopic (exact) mass is 222 g/mol. The first-order chi connectivity index (χ1) is 7.90. The standard InChI is InChI=1S/C12H18N2O2/c1-13-9-10-3-2-6-14-12(10)16-11-4-7-15-8-5-11/h2-3,6,11,13H,4-5,7-9H2,1H3. The lowest BCUT2D eigenvalue weighted by Crippen LogP contribution is -2.26. The highest BCUT2D eigenvalue weighted by Crippen LogP contribution is 2.19. The van der Waals surface area contributed by atoms with Gasteiger partial charge in [0.2, 0.25) is 5.88 Å². The van der Waals surface area contributed by atoms with E-state index in [1.165, 1.54) is 0 Å². The van der Waals surface area contributed by atoms with E-state index in [-0.39, 0.29) is 6.10 Å². The van der Waals surface area contributed by atoms with E-state index in [1.54, 1.807) is 6.20 Å². The Morgan fingerprint density at radius 2 is 2.31 bits per heavy atom. The molecule has 1 aromatic rings. The SMILES string of the molecule is CNCc1cccnc1OC1CCOCC1. The highest BCUT2D eigenvalue weighted by molar-refractivity contribution is 5.25. The van der Waals surface area contributed by atoms with Gasteiger partial charge in [0.25, 0.3) is 0 Å². The van der Waals surface area contributed by atoms with Crippen molar-refractivity contribution in [1.82, 2.24) is 10.3 Å². The van der Waals surface area contributed by atoms with Gasteiger partial charge in [-0.15, -0.1) is 0 Å². The number of nitrogens with one attached hydrogen (secondary N) is 1. The molecule has 0 unspecified atom stereocenters. The van der Waals surface area contributed by atoms with E-state index in [9.17, 15) is 0 Å². The maximum absolute atomic E-state index is 5.91. The summed E-state index contributed by atoms with van der Waals surface area (Å²) in [6.45, 7) is 2.37. The van der Waals surface area contributed by atoms with Crippen molar-refractivity contribution in [1.29, 1.82) is 0 Å². The molecule has 4 nitrogen and oxygen atoms in total. The summed E-state index contributed by atoms with van der Waals surface area (Å²) in [6.07, 6.45) is 3.93. The van der Waals surface area contributed by atoms with Crippen LogP contribution in [-0.2, 0) is 11.3 Å². The summed E-state index contributed by atoms with van der Waals surface area (Å²) >= 11 is 0.